The van der Waals surface area contributed by atoms with E-state index >= 15 is 0 Å². The highest BCUT2D eigenvalue weighted by Gasteiger charge is 2.18. The molecule has 228 valence electrons. The molecular weight excluding hydrogens is 584 g/mol. The van der Waals surface area contributed by atoms with Crippen LogP contribution in [0.2, 0.25) is 0 Å². The zero-order valence-electron chi connectivity index (χ0n) is 25.1. The van der Waals surface area contributed by atoms with Crippen LogP contribution in [-0.2, 0) is 31.9 Å². The van der Waals surface area contributed by atoms with Gasteiger partial charge in [-0.2, -0.15) is 0 Å². The summed E-state index contributed by atoms with van der Waals surface area (Å²) in [4.78, 5) is 39.2. The van der Waals surface area contributed by atoms with Crippen molar-refractivity contribution in [3.8, 4) is 22.9 Å². The van der Waals surface area contributed by atoms with Crippen molar-refractivity contribution in [1.82, 2.24) is 9.97 Å². The molecule has 0 fully saturated rings. The van der Waals surface area contributed by atoms with E-state index < -0.39 is 0 Å². The van der Waals surface area contributed by atoms with Gasteiger partial charge >= 0.3 is 11.9 Å². The van der Waals surface area contributed by atoms with Crippen molar-refractivity contribution in [1.29, 1.82) is 0 Å². The number of hydrogen-bond donors (Lipinski definition) is 0. The molecule has 0 amide bonds. The van der Waals surface area contributed by atoms with Gasteiger partial charge in [0.25, 0.3) is 0 Å². The van der Waals surface area contributed by atoms with Crippen LogP contribution in [0.1, 0.15) is 16.7 Å². The predicted molar refractivity (Wildman–Crippen MR) is 174 cm³/mol. The first kappa shape index (κ1) is 28.7. The molecule has 0 saturated heterocycles. The molecular formula is C36H28N4O6. The second-order valence-electron chi connectivity index (χ2n) is 10.7. The van der Waals surface area contributed by atoms with Crippen LogP contribution in [0.4, 0.5) is 5.69 Å². The maximum atomic E-state index is 11.7. The average Bonchev–Trinajstić information content (AvgIpc) is 3.72. The van der Waals surface area contributed by atoms with Crippen molar-refractivity contribution in [3.63, 3.8) is 0 Å². The highest BCUT2D eigenvalue weighted by molar-refractivity contribution is 5.88. The van der Waals surface area contributed by atoms with Crippen molar-refractivity contribution in [2.24, 2.45) is 4.99 Å². The summed E-state index contributed by atoms with van der Waals surface area (Å²) in [5.41, 5.74) is 8.89. The molecule has 0 atom stereocenters. The van der Waals surface area contributed by atoms with Gasteiger partial charge in [-0.15, -0.1) is 0 Å². The van der Waals surface area contributed by atoms with E-state index in [1.165, 1.54) is 14.2 Å². The molecule has 0 bridgehead atoms. The second-order valence-corrected chi connectivity index (χ2v) is 10.7. The third-order valence-corrected chi connectivity index (χ3v) is 7.77. The van der Waals surface area contributed by atoms with Gasteiger partial charge in [-0.3, -0.25) is 14.6 Å². The van der Waals surface area contributed by atoms with Gasteiger partial charge < -0.3 is 23.2 Å². The zero-order chi connectivity index (χ0) is 31.6. The molecule has 0 saturated carbocycles. The minimum Gasteiger partial charge on any atom is -0.469 e. The number of aliphatic imine (C=N–C) groups is 1. The molecule has 46 heavy (non-hydrogen) atoms. The van der Waals surface area contributed by atoms with Crippen molar-refractivity contribution in [2.45, 2.75) is 12.8 Å². The van der Waals surface area contributed by atoms with Crippen molar-refractivity contribution >= 4 is 51.7 Å². The smallest absolute Gasteiger partial charge is 0.309 e. The van der Waals surface area contributed by atoms with E-state index in [0.29, 0.717) is 40.5 Å². The topological polar surface area (TPSA) is 120 Å². The Balaban J connectivity index is 1.09. The molecule has 10 nitrogen and oxygen atoms in total. The molecule has 10 heteroatoms. The molecule has 0 radical (unpaired) electrons. The number of ether oxygens (including phenoxy) is 2. The molecule has 4 aromatic carbocycles. The van der Waals surface area contributed by atoms with Crippen LogP contribution in [0.3, 0.4) is 0 Å². The average molecular weight is 613 g/mol. The fourth-order valence-corrected chi connectivity index (χ4v) is 5.35. The van der Waals surface area contributed by atoms with E-state index in [0.717, 1.165) is 39.2 Å². The lowest BCUT2D eigenvalue weighted by molar-refractivity contribution is -0.140. The largest absolute Gasteiger partial charge is 0.469 e. The van der Waals surface area contributed by atoms with Crippen LogP contribution in [0, 0.1) is 0 Å². The van der Waals surface area contributed by atoms with E-state index in [9.17, 15) is 9.59 Å². The van der Waals surface area contributed by atoms with E-state index in [4.69, 9.17) is 18.3 Å². The highest BCUT2D eigenvalue weighted by atomic mass is 16.5. The van der Waals surface area contributed by atoms with Gasteiger partial charge in [0.15, 0.2) is 11.2 Å². The van der Waals surface area contributed by atoms with Crippen molar-refractivity contribution < 1.29 is 27.9 Å². The van der Waals surface area contributed by atoms with Gasteiger partial charge in [-0.1, -0.05) is 24.3 Å². The predicted octanol–water partition coefficient (Wildman–Crippen LogP) is 6.62. The highest BCUT2D eigenvalue weighted by Crippen LogP contribution is 2.33. The van der Waals surface area contributed by atoms with Crippen LogP contribution < -0.4 is 4.90 Å². The maximum Gasteiger partial charge on any atom is 0.309 e. The molecule has 3 heterocycles. The van der Waals surface area contributed by atoms with Gasteiger partial charge in [0.05, 0.1) is 45.5 Å². The fraction of sp³-hybridized carbons (Fsp3) is 0.139. The number of methoxy groups -OCH3 is 2. The Morgan fingerprint density at radius 3 is 1.72 bits per heavy atom. The maximum absolute atomic E-state index is 11.7. The number of oxazole rings is 2. The first-order chi connectivity index (χ1) is 22.5. The summed E-state index contributed by atoms with van der Waals surface area (Å²) >= 11 is 0. The molecule has 0 unspecified atom stereocenters. The fourth-order valence-electron chi connectivity index (χ4n) is 5.35. The Labute approximate surface area is 263 Å². The second kappa shape index (κ2) is 12.2. The summed E-state index contributed by atoms with van der Waals surface area (Å²) in [6.45, 7) is 0.609. The Morgan fingerprint density at radius 2 is 1.20 bits per heavy atom. The molecule has 7 rings (SSSR count). The quantitative estimate of drug-likeness (QED) is 0.175. The molecule has 1 aliphatic heterocycles. The van der Waals surface area contributed by atoms with Crippen LogP contribution in [0.25, 0.3) is 50.8 Å². The van der Waals surface area contributed by atoms with E-state index in [1.807, 2.05) is 97.3 Å². The number of carbonyl (C=O) groups excluding carboxylic acids is 2. The van der Waals surface area contributed by atoms with E-state index in [1.54, 1.807) is 0 Å². The number of anilines is 1. The summed E-state index contributed by atoms with van der Waals surface area (Å²) in [6, 6.07) is 27.0. The summed E-state index contributed by atoms with van der Waals surface area (Å²) in [5, 5.41) is 0. The molecule has 0 N–H and O–H groups in total. The molecule has 0 spiro atoms. The number of rotatable bonds is 8. The normalized spacial score (nSPS) is 12.8. The lowest BCUT2D eigenvalue weighted by atomic mass is 10.1. The third-order valence-electron chi connectivity index (χ3n) is 7.77. The van der Waals surface area contributed by atoms with Gasteiger partial charge in [0.2, 0.25) is 11.8 Å². The monoisotopic (exact) mass is 612 g/mol. The van der Waals surface area contributed by atoms with Crippen LogP contribution in [0.15, 0.2) is 105 Å². The number of aromatic nitrogens is 2. The summed E-state index contributed by atoms with van der Waals surface area (Å²) in [6.07, 6.45) is 4.07. The Hall–Kier alpha value is -6.03. The SMILES string of the molecule is COC(=O)Cc1ccc2oc(-c3ccc(C4=CN=CCN4c4ccc(-c5nc6cc(CC(=O)OC)ccc6o5)cc4)cc3)nc2c1. The van der Waals surface area contributed by atoms with E-state index in [2.05, 4.69) is 19.9 Å². The Bertz CT molecular complexity index is 2140. The third kappa shape index (κ3) is 5.75. The van der Waals surface area contributed by atoms with Crippen molar-refractivity contribution in [3.05, 3.63) is 108 Å². The number of benzene rings is 4. The van der Waals surface area contributed by atoms with Crippen molar-refractivity contribution in [2.75, 3.05) is 25.7 Å². The van der Waals surface area contributed by atoms with Gasteiger partial charge in [-0.05, 0) is 77.4 Å². The Kier molecular flexibility index (Phi) is 7.59. The molecule has 0 aliphatic carbocycles. The van der Waals surface area contributed by atoms with Gasteiger partial charge in [0, 0.05) is 23.0 Å². The minimum absolute atomic E-state index is 0.178. The number of nitrogens with zero attached hydrogens (tertiary/aromatic N) is 4. The van der Waals surface area contributed by atoms with Crippen LogP contribution in [0.5, 0.6) is 0 Å². The number of carbonyl (C=O) groups is 2. The summed E-state index contributed by atoms with van der Waals surface area (Å²) < 4.78 is 21.5. The number of esters is 2. The number of fused-ring (bicyclic) bond motifs is 2. The van der Waals surface area contributed by atoms with Crippen LogP contribution in [-0.4, -0.2) is 48.9 Å². The first-order valence-corrected chi connectivity index (χ1v) is 14.6. The molecule has 1 aliphatic rings. The standard InChI is InChI=1S/C36H28N4O6/c1-43-33(41)19-22-3-13-31-28(17-22)38-35(45-31)25-7-5-24(6-8-25)30-21-37-15-16-40(30)27-11-9-26(10-12-27)36-39-29-18-23(20-34(42)44-2)4-14-32(29)46-36/h3-15,17-18,21H,16,19-20H2,1-2H3. The molecule has 2 aromatic heterocycles. The lowest BCUT2D eigenvalue weighted by Crippen LogP contribution is -2.25. The zero-order valence-corrected chi connectivity index (χ0v) is 25.1. The minimum atomic E-state index is -0.304. The number of hydrogen-bond acceptors (Lipinski definition) is 10. The first-order valence-electron chi connectivity index (χ1n) is 14.6. The van der Waals surface area contributed by atoms with Gasteiger partial charge in [-0.25, -0.2) is 9.97 Å². The van der Waals surface area contributed by atoms with Crippen LogP contribution >= 0.6 is 0 Å². The van der Waals surface area contributed by atoms with Gasteiger partial charge in [0.1, 0.15) is 11.0 Å². The van der Waals surface area contributed by atoms with E-state index in [-0.39, 0.29) is 24.8 Å². The lowest BCUT2D eigenvalue weighted by Gasteiger charge is -2.28. The summed E-state index contributed by atoms with van der Waals surface area (Å²) in [7, 11) is 2.75. The summed E-state index contributed by atoms with van der Waals surface area (Å²) in [5.74, 6) is 0.393. The molecule has 6 aromatic rings. The Morgan fingerprint density at radius 1 is 0.696 bits per heavy atom.